The van der Waals surface area contributed by atoms with Crippen LogP contribution in [0.15, 0.2) is 54.6 Å². The number of nitrogens with one attached hydrogen (secondary N) is 1. The highest BCUT2D eigenvalue weighted by Crippen LogP contribution is 2.34. The number of amides is 2. The Morgan fingerprint density at radius 3 is 2.54 bits per heavy atom. The summed E-state index contributed by atoms with van der Waals surface area (Å²) in [5.41, 5.74) is 8.35. The van der Waals surface area contributed by atoms with Crippen LogP contribution in [0.2, 0.25) is 0 Å². The average molecular weight is 394 g/mol. The van der Waals surface area contributed by atoms with Crippen LogP contribution in [0, 0.1) is 6.92 Å². The van der Waals surface area contributed by atoms with Crippen molar-refractivity contribution in [3.63, 3.8) is 0 Å². The number of hydrogen-bond donors (Lipinski definition) is 2. The number of carbonyl (C=O) groups excluding carboxylic acids is 2. The summed E-state index contributed by atoms with van der Waals surface area (Å²) in [6.07, 6.45) is 0.674. The maximum absolute atomic E-state index is 12.7. The number of thiophene rings is 1. The smallest absolute Gasteiger partial charge is 0.256 e. The quantitative estimate of drug-likeness (QED) is 0.623. The van der Waals surface area contributed by atoms with Crippen molar-refractivity contribution in [1.29, 1.82) is 0 Å². The molecular formula is C22H22N2O3S. The highest BCUT2D eigenvalue weighted by molar-refractivity contribution is 7.17. The second-order valence-corrected chi connectivity index (χ2v) is 7.40. The Labute approximate surface area is 168 Å². The van der Waals surface area contributed by atoms with Gasteiger partial charge in [-0.15, -0.1) is 11.3 Å². The van der Waals surface area contributed by atoms with Crippen molar-refractivity contribution in [3.8, 4) is 5.75 Å². The molecular weight excluding hydrogens is 372 g/mol. The topological polar surface area (TPSA) is 81.4 Å². The third-order valence-corrected chi connectivity index (χ3v) is 5.54. The van der Waals surface area contributed by atoms with Gasteiger partial charge < -0.3 is 15.8 Å². The standard InChI is InChI=1S/C22H22N2O3S/c1-3-27-17-11-7-10-16(13-17)21(26)24-22-19(20(23)25)14(2)18(28-22)12-15-8-5-4-6-9-15/h4-11,13H,3,12H2,1-2H3,(H2,23,25)(H,24,26). The van der Waals surface area contributed by atoms with Gasteiger partial charge in [-0.2, -0.15) is 0 Å². The number of carbonyl (C=O) groups is 2. The fourth-order valence-corrected chi connectivity index (χ4v) is 4.20. The Balaban J connectivity index is 1.88. The molecule has 3 aromatic rings. The third-order valence-electron chi connectivity index (χ3n) is 4.33. The normalized spacial score (nSPS) is 10.5. The first-order valence-electron chi connectivity index (χ1n) is 8.99. The molecule has 5 nitrogen and oxygen atoms in total. The number of hydrogen-bond acceptors (Lipinski definition) is 4. The third kappa shape index (κ3) is 4.40. The molecule has 0 saturated carbocycles. The van der Waals surface area contributed by atoms with Gasteiger partial charge in [-0.3, -0.25) is 9.59 Å². The lowest BCUT2D eigenvalue weighted by molar-refractivity contribution is 0.100. The highest BCUT2D eigenvalue weighted by Gasteiger charge is 2.21. The zero-order valence-electron chi connectivity index (χ0n) is 15.8. The molecule has 28 heavy (non-hydrogen) atoms. The summed E-state index contributed by atoms with van der Waals surface area (Å²) in [6.45, 7) is 4.26. The predicted octanol–water partition coefficient (Wildman–Crippen LogP) is 4.40. The van der Waals surface area contributed by atoms with E-state index >= 15 is 0 Å². The lowest BCUT2D eigenvalue weighted by Gasteiger charge is -2.07. The molecule has 1 aromatic heterocycles. The number of ether oxygens (including phenoxy) is 1. The predicted molar refractivity (Wildman–Crippen MR) is 112 cm³/mol. The Hall–Kier alpha value is -3.12. The van der Waals surface area contributed by atoms with Gasteiger partial charge in [-0.1, -0.05) is 36.4 Å². The molecule has 144 valence electrons. The Morgan fingerprint density at radius 1 is 1.11 bits per heavy atom. The molecule has 6 heteroatoms. The van der Waals surface area contributed by atoms with Crippen LogP contribution in [0.1, 0.15) is 43.6 Å². The minimum atomic E-state index is -0.550. The van der Waals surface area contributed by atoms with Crippen molar-refractivity contribution in [2.75, 3.05) is 11.9 Å². The molecule has 2 aromatic carbocycles. The van der Waals surface area contributed by atoms with E-state index in [1.807, 2.05) is 44.2 Å². The van der Waals surface area contributed by atoms with Gasteiger partial charge in [-0.25, -0.2) is 0 Å². The fourth-order valence-electron chi connectivity index (χ4n) is 2.96. The van der Waals surface area contributed by atoms with E-state index in [-0.39, 0.29) is 5.91 Å². The summed E-state index contributed by atoms with van der Waals surface area (Å²) in [5, 5.41) is 3.32. The number of nitrogens with two attached hydrogens (primary N) is 1. The second kappa shape index (κ2) is 8.71. The monoisotopic (exact) mass is 394 g/mol. The van der Waals surface area contributed by atoms with Crippen LogP contribution < -0.4 is 15.8 Å². The van der Waals surface area contributed by atoms with Crippen molar-refractivity contribution >= 4 is 28.2 Å². The van der Waals surface area contributed by atoms with Crippen LogP contribution in [0.5, 0.6) is 5.75 Å². The first-order valence-corrected chi connectivity index (χ1v) is 9.81. The molecule has 3 N–H and O–H groups in total. The van der Waals surface area contributed by atoms with Crippen LogP contribution in [0.25, 0.3) is 0 Å². The van der Waals surface area contributed by atoms with Crippen molar-refractivity contribution in [3.05, 3.63) is 81.7 Å². The Morgan fingerprint density at radius 2 is 1.86 bits per heavy atom. The summed E-state index contributed by atoms with van der Waals surface area (Å²) < 4.78 is 5.45. The first-order chi connectivity index (χ1) is 13.5. The number of primary amides is 1. The number of benzene rings is 2. The molecule has 0 aliphatic rings. The summed E-state index contributed by atoms with van der Waals surface area (Å²) in [5.74, 6) is -0.236. The van der Waals surface area contributed by atoms with Crippen LogP contribution in [0.4, 0.5) is 5.00 Å². The molecule has 0 aliphatic heterocycles. The molecule has 1 heterocycles. The van der Waals surface area contributed by atoms with Crippen LogP contribution in [-0.4, -0.2) is 18.4 Å². The zero-order chi connectivity index (χ0) is 20.1. The van der Waals surface area contributed by atoms with Crippen molar-refractivity contribution < 1.29 is 14.3 Å². The molecule has 0 atom stereocenters. The second-order valence-electron chi connectivity index (χ2n) is 6.30. The van der Waals surface area contributed by atoms with Gasteiger partial charge in [0.25, 0.3) is 11.8 Å². The molecule has 0 saturated heterocycles. The van der Waals surface area contributed by atoms with Gasteiger partial charge in [0.15, 0.2) is 0 Å². The van der Waals surface area contributed by atoms with Gasteiger partial charge in [0, 0.05) is 16.9 Å². The molecule has 0 radical (unpaired) electrons. The van der Waals surface area contributed by atoms with E-state index in [2.05, 4.69) is 5.32 Å². The van der Waals surface area contributed by atoms with Crippen LogP contribution >= 0.6 is 11.3 Å². The lowest BCUT2D eigenvalue weighted by Crippen LogP contribution is -2.17. The van der Waals surface area contributed by atoms with E-state index in [1.165, 1.54) is 11.3 Å². The van der Waals surface area contributed by atoms with Crippen molar-refractivity contribution in [1.82, 2.24) is 0 Å². The first kappa shape index (κ1) is 19.6. The maximum Gasteiger partial charge on any atom is 0.256 e. The summed E-state index contributed by atoms with van der Waals surface area (Å²) in [4.78, 5) is 25.7. The molecule has 3 rings (SSSR count). The van der Waals surface area contributed by atoms with Crippen molar-refractivity contribution in [2.24, 2.45) is 5.73 Å². The minimum Gasteiger partial charge on any atom is -0.494 e. The molecule has 2 amide bonds. The van der Waals surface area contributed by atoms with E-state index < -0.39 is 5.91 Å². The molecule has 0 fully saturated rings. The van der Waals surface area contributed by atoms with Gasteiger partial charge in [0.1, 0.15) is 10.8 Å². The van der Waals surface area contributed by atoms with Gasteiger partial charge in [0.2, 0.25) is 0 Å². The van der Waals surface area contributed by atoms with Gasteiger partial charge in [0.05, 0.1) is 12.2 Å². The summed E-state index contributed by atoms with van der Waals surface area (Å²) >= 11 is 1.38. The lowest BCUT2D eigenvalue weighted by atomic mass is 10.1. The summed E-state index contributed by atoms with van der Waals surface area (Å²) in [7, 11) is 0. The number of rotatable bonds is 7. The zero-order valence-corrected chi connectivity index (χ0v) is 16.6. The molecule has 0 aliphatic carbocycles. The largest absolute Gasteiger partial charge is 0.494 e. The minimum absolute atomic E-state index is 0.309. The van der Waals surface area contributed by atoms with E-state index in [1.54, 1.807) is 24.3 Å². The SMILES string of the molecule is CCOc1cccc(C(=O)Nc2sc(Cc3ccccc3)c(C)c2C(N)=O)c1. The Bertz CT molecular complexity index is 996. The molecule has 0 unspecified atom stereocenters. The van der Waals surface area contributed by atoms with Gasteiger partial charge in [-0.05, 0) is 43.2 Å². The van der Waals surface area contributed by atoms with Crippen LogP contribution in [-0.2, 0) is 6.42 Å². The van der Waals surface area contributed by atoms with E-state index in [9.17, 15) is 9.59 Å². The fraction of sp³-hybridized carbons (Fsp3) is 0.182. The van der Waals surface area contributed by atoms with E-state index in [0.29, 0.717) is 34.9 Å². The van der Waals surface area contributed by atoms with Crippen LogP contribution in [0.3, 0.4) is 0 Å². The van der Waals surface area contributed by atoms with Crippen molar-refractivity contribution in [2.45, 2.75) is 20.3 Å². The molecule has 0 spiro atoms. The summed E-state index contributed by atoms with van der Waals surface area (Å²) in [6, 6.07) is 16.9. The molecule has 0 bridgehead atoms. The van der Waals surface area contributed by atoms with E-state index in [0.717, 1.165) is 16.0 Å². The van der Waals surface area contributed by atoms with E-state index in [4.69, 9.17) is 10.5 Å². The maximum atomic E-state index is 12.7. The number of anilines is 1. The average Bonchev–Trinajstić information content (AvgIpc) is 2.98. The highest BCUT2D eigenvalue weighted by atomic mass is 32.1. The Kier molecular flexibility index (Phi) is 6.11. The van der Waals surface area contributed by atoms with Gasteiger partial charge >= 0.3 is 0 Å².